The second kappa shape index (κ2) is 14.9. The smallest absolute Gasteiger partial charge is 0.161 e. The maximum atomic E-state index is 5.42. The summed E-state index contributed by atoms with van der Waals surface area (Å²) in [5.74, 6) is 0.685. The van der Waals surface area contributed by atoms with E-state index in [9.17, 15) is 0 Å². The summed E-state index contributed by atoms with van der Waals surface area (Å²) in [5, 5.41) is 2.56. The lowest BCUT2D eigenvalue weighted by Crippen LogP contribution is -2.14. The van der Waals surface area contributed by atoms with Crippen LogP contribution < -0.4 is 0 Å². The van der Waals surface area contributed by atoms with Crippen LogP contribution in [0.2, 0.25) is 0 Å². The monoisotopic (exact) mass is 778 g/mol. The first-order valence-corrected chi connectivity index (χ1v) is 21.1. The highest BCUT2D eigenvalue weighted by Gasteiger charge is 2.37. The molecule has 2 nitrogen and oxygen atoms in total. The highest BCUT2D eigenvalue weighted by molar-refractivity contribution is 5.99. The molecule has 0 fully saturated rings. The van der Waals surface area contributed by atoms with Gasteiger partial charge in [-0.25, -0.2) is 9.97 Å². The number of hydrogen-bond acceptors (Lipinski definition) is 2. The molecule has 0 unspecified atom stereocenters. The van der Waals surface area contributed by atoms with Gasteiger partial charge in [0.2, 0.25) is 0 Å². The topological polar surface area (TPSA) is 25.8 Å². The Morgan fingerprint density at radius 1 is 0.295 bits per heavy atom. The van der Waals surface area contributed by atoms with E-state index in [1.54, 1.807) is 0 Å². The van der Waals surface area contributed by atoms with Crippen LogP contribution in [0.3, 0.4) is 0 Å². The first-order valence-electron chi connectivity index (χ1n) is 21.1. The summed E-state index contributed by atoms with van der Waals surface area (Å²) in [7, 11) is 0. The Morgan fingerprint density at radius 2 is 0.705 bits per heavy atom. The Morgan fingerprint density at radius 3 is 1.26 bits per heavy atom. The van der Waals surface area contributed by atoms with Crippen LogP contribution in [0.4, 0.5) is 0 Å². The lowest BCUT2D eigenvalue weighted by molar-refractivity contribution is 0.661. The van der Waals surface area contributed by atoms with Gasteiger partial charge in [0.15, 0.2) is 5.82 Å². The zero-order valence-electron chi connectivity index (χ0n) is 34.2. The van der Waals surface area contributed by atoms with Gasteiger partial charge in [-0.2, -0.15) is 0 Å². The maximum Gasteiger partial charge on any atom is 0.161 e. The van der Waals surface area contributed by atoms with Crippen molar-refractivity contribution in [2.24, 2.45) is 0 Å². The van der Waals surface area contributed by atoms with Crippen molar-refractivity contribution in [3.8, 4) is 89.5 Å². The SMILES string of the molecule is CC1(C)c2cc3ccccc3cc2-c2c(-c3ccc(-c4ccccc4-c4nc(-c5ccccc5-c5ccccc5)cc(-c5ccccc5-c5ccccc5)n4)cc3)cccc21. The molecule has 0 radical (unpaired) electrons. The third-order valence-corrected chi connectivity index (χ3v) is 12.5. The van der Waals surface area contributed by atoms with Crippen molar-refractivity contribution in [1.29, 1.82) is 0 Å². The fourth-order valence-electron chi connectivity index (χ4n) is 9.47. The summed E-state index contributed by atoms with van der Waals surface area (Å²) in [5.41, 5.74) is 19.4. The largest absolute Gasteiger partial charge is 0.228 e. The van der Waals surface area contributed by atoms with Gasteiger partial charge in [0, 0.05) is 22.1 Å². The van der Waals surface area contributed by atoms with E-state index < -0.39 is 0 Å². The summed E-state index contributed by atoms with van der Waals surface area (Å²) < 4.78 is 0. The van der Waals surface area contributed by atoms with Crippen LogP contribution in [0.1, 0.15) is 25.0 Å². The molecule has 10 aromatic rings. The second-order valence-corrected chi connectivity index (χ2v) is 16.5. The molecule has 61 heavy (non-hydrogen) atoms. The summed E-state index contributed by atoms with van der Waals surface area (Å²) in [4.78, 5) is 10.8. The maximum absolute atomic E-state index is 5.42. The molecule has 0 atom stereocenters. The van der Waals surface area contributed by atoms with Crippen LogP contribution >= 0.6 is 0 Å². The standard InChI is InChI=1S/C59H42N2/c1-59(2)53-31-17-30-48(57(53)52-36-43-22-9-10-23-44(43)37-54(52)59)42-34-32-41(33-35-42)47-26-13-16-29-51(47)58-60-55(49-27-14-11-24-45(49)39-18-5-3-6-19-39)38-56(61-58)50-28-15-12-25-46(50)40-20-7-4-8-21-40/h3-38H,1-2H3. The predicted molar refractivity (Wildman–Crippen MR) is 255 cm³/mol. The van der Waals surface area contributed by atoms with Gasteiger partial charge < -0.3 is 0 Å². The van der Waals surface area contributed by atoms with Crippen molar-refractivity contribution >= 4 is 10.8 Å². The van der Waals surface area contributed by atoms with Crippen LogP contribution in [0, 0.1) is 0 Å². The van der Waals surface area contributed by atoms with E-state index in [-0.39, 0.29) is 5.41 Å². The van der Waals surface area contributed by atoms with E-state index in [0.29, 0.717) is 5.82 Å². The minimum Gasteiger partial charge on any atom is -0.228 e. The highest BCUT2D eigenvalue weighted by atomic mass is 14.9. The van der Waals surface area contributed by atoms with E-state index in [1.807, 2.05) is 0 Å². The van der Waals surface area contributed by atoms with Gasteiger partial charge in [-0.3, -0.25) is 0 Å². The van der Waals surface area contributed by atoms with Crippen LogP contribution in [-0.2, 0) is 5.41 Å². The molecule has 0 N–H and O–H groups in total. The van der Waals surface area contributed by atoms with Gasteiger partial charge in [0.25, 0.3) is 0 Å². The molecule has 1 aliphatic rings. The van der Waals surface area contributed by atoms with Crippen LogP contribution in [0.25, 0.3) is 100 Å². The lowest BCUT2D eigenvalue weighted by atomic mass is 9.81. The zero-order valence-corrected chi connectivity index (χ0v) is 34.2. The van der Waals surface area contributed by atoms with Gasteiger partial charge in [0.1, 0.15) is 0 Å². The zero-order chi connectivity index (χ0) is 40.9. The molecule has 0 aliphatic heterocycles. The Bertz CT molecular complexity index is 3150. The average Bonchev–Trinajstić information content (AvgIpc) is 3.56. The van der Waals surface area contributed by atoms with Crippen molar-refractivity contribution in [3.63, 3.8) is 0 Å². The van der Waals surface area contributed by atoms with Gasteiger partial charge >= 0.3 is 0 Å². The molecule has 0 spiro atoms. The Hall–Kier alpha value is -7.68. The number of fused-ring (bicyclic) bond motifs is 4. The van der Waals surface area contributed by atoms with Crippen LogP contribution in [0.15, 0.2) is 218 Å². The predicted octanol–water partition coefficient (Wildman–Crippen LogP) is 15.6. The Kier molecular flexibility index (Phi) is 8.86. The van der Waals surface area contributed by atoms with E-state index in [1.165, 1.54) is 44.2 Å². The van der Waals surface area contributed by atoms with Gasteiger partial charge in [-0.1, -0.05) is 214 Å². The number of rotatable bonds is 7. The molecule has 0 bridgehead atoms. The minimum absolute atomic E-state index is 0.0970. The average molecular weight is 779 g/mol. The molecule has 288 valence electrons. The van der Waals surface area contributed by atoms with Crippen molar-refractivity contribution in [3.05, 3.63) is 230 Å². The van der Waals surface area contributed by atoms with E-state index >= 15 is 0 Å². The Balaban J connectivity index is 1.05. The summed E-state index contributed by atoms with van der Waals surface area (Å²) in [6, 6.07) is 78.4. The Labute approximate surface area is 357 Å². The number of aromatic nitrogens is 2. The molecule has 1 heterocycles. The van der Waals surface area contributed by atoms with Crippen molar-refractivity contribution < 1.29 is 0 Å². The molecule has 1 aromatic heterocycles. The molecule has 0 saturated heterocycles. The molecule has 9 aromatic carbocycles. The first kappa shape index (κ1) is 36.4. The van der Waals surface area contributed by atoms with Gasteiger partial charge in [0.05, 0.1) is 11.4 Å². The molecule has 0 amide bonds. The van der Waals surface area contributed by atoms with E-state index in [2.05, 4.69) is 232 Å². The quantitative estimate of drug-likeness (QED) is 0.161. The van der Waals surface area contributed by atoms with E-state index in [0.717, 1.165) is 61.5 Å². The number of nitrogens with zero attached hydrogens (tertiary/aromatic N) is 2. The molecule has 2 heteroatoms. The normalized spacial score (nSPS) is 12.6. The van der Waals surface area contributed by atoms with Gasteiger partial charge in [-0.05, 0) is 95.7 Å². The molecular weight excluding hydrogens is 737 g/mol. The van der Waals surface area contributed by atoms with Gasteiger partial charge in [-0.15, -0.1) is 0 Å². The third-order valence-electron chi connectivity index (χ3n) is 12.5. The first-order chi connectivity index (χ1) is 30.0. The number of benzene rings is 9. The van der Waals surface area contributed by atoms with Crippen molar-refractivity contribution in [1.82, 2.24) is 9.97 Å². The molecule has 11 rings (SSSR count). The summed E-state index contributed by atoms with van der Waals surface area (Å²) >= 11 is 0. The lowest BCUT2D eigenvalue weighted by Gasteiger charge is -2.22. The summed E-state index contributed by atoms with van der Waals surface area (Å²) in [6.07, 6.45) is 0. The third kappa shape index (κ3) is 6.36. The van der Waals surface area contributed by atoms with Crippen molar-refractivity contribution in [2.45, 2.75) is 19.3 Å². The fraction of sp³-hybridized carbons (Fsp3) is 0.0508. The minimum atomic E-state index is -0.0970. The number of hydrogen-bond donors (Lipinski definition) is 0. The summed E-state index contributed by atoms with van der Waals surface area (Å²) in [6.45, 7) is 4.72. The molecule has 0 saturated carbocycles. The van der Waals surface area contributed by atoms with E-state index in [4.69, 9.17) is 9.97 Å². The van der Waals surface area contributed by atoms with Crippen LogP contribution in [-0.4, -0.2) is 9.97 Å². The molecule has 1 aliphatic carbocycles. The van der Waals surface area contributed by atoms with Crippen molar-refractivity contribution in [2.75, 3.05) is 0 Å². The second-order valence-electron chi connectivity index (χ2n) is 16.5. The fourth-order valence-corrected chi connectivity index (χ4v) is 9.47. The van der Waals surface area contributed by atoms with Crippen LogP contribution in [0.5, 0.6) is 0 Å². The molecular formula is C59H42N2. The highest BCUT2D eigenvalue weighted by Crippen LogP contribution is 2.53.